The van der Waals surface area contributed by atoms with E-state index in [9.17, 15) is 4.79 Å². The largest absolute Gasteiger partial charge is 0.455 e. The number of hydrogen-bond acceptors (Lipinski definition) is 3. The fourth-order valence-electron chi connectivity index (χ4n) is 2.54. The summed E-state index contributed by atoms with van der Waals surface area (Å²) in [5, 5.41) is 0. The first-order valence-electron chi connectivity index (χ1n) is 9.60. The molecule has 2 nitrogen and oxygen atoms in total. The molecular formula is C20H38O2S. The molecule has 0 aliphatic rings. The van der Waals surface area contributed by atoms with Crippen LogP contribution < -0.4 is 0 Å². The van der Waals surface area contributed by atoms with Crippen LogP contribution in [0.4, 0.5) is 0 Å². The molecule has 0 N–H and O–H groups in total. The van der Waals surface area contributed by atoms with E-state index >= 15 is 0 Å². The van der Waals surface area contributed by atoms with E-state index in [1.165, 1.54) is 70.6 Å². The van der Waals surface area contributed by atoms with Crippen molar-refractivity contribution in [3.05, 3.63) is 12.2 Å². The summed E-state index contributed by atoms with van der Waals surface area (Å²) >= 11 is 1.54. The fourth-order valence-corrected chi connectivity index (χ4v) is 2.79. The van der Waals surface area contributed by atoms with Crippen LogP contribution in [0.25, 0.3) is 0 Å². The Bertz CT molecular complexity index is 277. The van der Waals surface area contributed by atoms with Gasteiger partial charge in [-0.2, -0.15) is 0 Å². The number of thioether (sulfide) groups is 1. The Morgan fingerprint density at radius 2 is 1.35 bits per heavy atom. The molecule has 0 aromatic rings. The Balaban J connectivity index is 3.14. The number of ether oxygens (including phenoxy) is 1. The van der Waals surface area contributed by atoms with Crippen LogP contribution in [0.5, 0.6) is 0 Å². The summed E-state index contributed by atoms with van der Waals surface area (Å²) < 4.78 is 5.03. The Morgan fingerprint density at radius 3 is 1.91 bits per heavy atom. The number of allylic oxidation sites excluding steroid dienone is 2. The van der Waals surface area contributed by atoms with E-state index in [2.05, 4.69) is 19.1 Å². The van der Waals surface area contributed by atoms with E-state index in [0.717, 1.165) is 12.8 Å². The van der Waals surface area contributed by atoms with Gasteiger partial charge < -0.3 is 4.74 Å². The van der Waals surface area contributed by atoms with E-state index in [1.54, 1.807) is 11.8 Å². The van der Waals surface area contributed by atoms with E-state index < -0.39 is 0 Å². The number of rotatable bonds is 17. The summed E-state index contributed by atoms with van der Waals surface area (Å²) in [6.45, 7) is 2.27. The van der Waals surface area contributed by atoms with E-state index in [1.807, 2.05) is 6.26 Å². The molecule has 3 heteroatoms. The zero-order chi connectivity index (χ0) is 17.0. The van der Waals surface area contributed by atoms with Crippen LogP contribution in [0.2, 0.25) is 0 Å². The smallest absolute Gasteiger partial charge is 0.306 e. The predicted molar refractivity (Wildman–Crippen MR) is 104 cm³/mol. The van der Waals surface area contributed by atoms with Crippen molar-refractivity contribution in [1.29, 1.82) is 0 Å². The Kier molecular flexibility index (Phi) is 19.2. The lowest BCUT2D eigenvalue weighted by atomic mass is 10.1. The number of unbranched alkanes of at least 4 members (excludes halogenated alkanes) is 11. The van der Waals surface area contributed by atoms with E-state index in [-0.39, 0.29) is 5.97 Å². The van der Waals surface area contributed by atoms with Gasteiger partial charge in [-0.1, -0.05) is 70.4 Å². The van der Waals surface area contributed by atoms with Gasteiger partial charge in [0.25, 0.3) is 0 Å². The molecule has 0 radical (unpaired) electrons. The SMILES string of the molecule is CCCCCCCC/C=C\CCCCCCCC(=O)OCSC. The molecule has 0 aliphatic heterocycles. The number of esters is 1. The zero-order valence-electron chi connectivity index (χ0n) is 15.5. The van der Waals surface area contributed by atoms with Crippen LogP contribution in [0.1, 0.15) is 96.8 Å². The summed E-state index contributed by atoms with van der Waals surface area (Å²) in [7, 11) is 0. The molecule has 0 bridgehead atoms. The molecule has 0 aromatic carbocycles. The maximum atomic E-state index is 11.3. The lowest BCUT2D eigenvalue weighted by molar-refractivity contribution is -0.141. The second-order valence-electron chi connectivity index (χ2n) is 6.26. The topological polar surface area (TPSA) is 26.3 Å². The zero-order valence-corrected chi connectivity index (χ0v) is 16.3. The van der Waals surface area contributed by atoms with Crippen LogP contribution in [-0.2, 0) is 9.53 Å². The van der Waals surface area contributed by atoms with E-state index in [0.29, 0.717) is 12.4 Å². The summed E-state index contributed by atoms with van der Waals surface area (Å²) in [6, 6.07) is 0. The average Bonchev–Trinajstić information content (AvgIpc) is 2.56. The highest BCUT2D eigenvalue weighted by atomic mass is 32.2. The normalized spacial score (nSPS) is 11.2. The second-order valence-corrected chi connectivity index (χ2v) is 7.07. The van der Waals surface area contributed by atoms with Gasteiger partial charge in [0, 0.05) is 6.42 Å². The van der Waals surface area contributed by atoms with Crippen molar-refractivity contribution in [1.82, 2.24) is 0 Å². The van der Waals surface area contributed by atoms with Crippen molar-refractivity contribution in [2.75, 3.05) is 12.2 Å². The first kappa shape index (κ1) is 22.6. The Morgan fingerprint density at radius 1 is 0.826 bits per heavy atom. The molecule has 0 aromatic heterocycles. The van der Waals surface area contributed by atoms with Crippen LogP contribution in [-0.4, -0.2) is 18.2 Å². The fraction of sp³-hybridized carbons (Fsp3) is 0.850. The van der Waals surface area contributed by atoms with Gasteiger partial charge in [-0.25, -0.2) is 0 Å². The molecule has 0 saturated carbocycles. The lowest BCUT2D eigenvalue weighted by Gasteiger charge is -2.02. The molecule has 23 heavy (non-hydrogen) atoms. The molecule has 0 unspecified atom stereocenters. The quantitative estimate of drug-likeness (QED) is 0.125. The maximum Gasteiger partial charge on any atom is 0.306 e. The average molecular weight is 343 g/mol. The van der Waals surface area contributed by atoms with Crippen molar-refractivity contribution in [3.63, 3.8) is 0 Å². The van der Waals surface area contributed by atoms with Crippen LogP contribution in [0.15, 0.2) is 12.2 Å². The standard InChI is InChI=1S/C20H38O2S/c1-3-4-5-6-7-8-9-10-11-12-13-14-15-16-17-18-20(21)22-19-23-2/h10-11H,3-9,12-19H2,1-2H3/b11-10-. The van der Waals surface area contributed by atoms with Crippen LogP contribution >= 0.6 is 11.8 Å². The van der Waals surface area contributed by atoms with Gasteiger partial charge in [0.05, 0.1) is 0 Å². The molecule has 0 saturated heterocycles. The van der Waals surface area contributed by atoms with Gasteiger partial charge >= 0.3 is 5.97 Å². The molecule has 0 rings (SSSR count). The third-order valence-corrected chi connectivity index (χ3v) is 4.33. The highest BCUT2D eigenvalue weighted by Crippen LogP contribution is 2.10. The highest BCUT2D eigenvalue weighted by Gasteiger charge is 2.01. The molecule has 0 heterocycles. The van der Waals surface area contributed by atoms with Gasteiger partial charge in [0.1, 0.15) is 5.94 Å². The summed E-state index contributed by atoms with van der Waals surface area (Å²) in [6.07, 6.45) is 23.9. The van der Waals surface area contributed by atoms with Crippen molar-refractivity contribution in [2.45, 2.75) is 96.8 Å². The number of carbonyl (C=O) groups is 1. The predicted octanol–water partition coefficient (Wildman–Crippen LogP) is 6.89. The third kappa shape index (κ3) is 19.5. The van der Waals surface area contributed by atoms with Gasteiger partial charge in [0.15, 0.2) is 0 Å². The highest BCUT2D eigenvalue weighted by molar-refractivity contribution is 7.98. The first-order chi connectivity index (χ1) is 11.3. The molecule has 0 atom stereocenters. The molecule has 0 amide bonds. The van der Waals surface area contributed by atoms with Crippen molar-refractivity contribution < 1.29 is 9.53 Å². The van der Waals surface area contributed by atoms with Gasteiger partial charge in [-0.3, -0.25) is 4.79 Å². The van der Waals surface area contributed by atoms with Crippen LogP contribution in [0, 0.1) is 0 Å². The lowest BCUT2D eigenvalue weighted by Crippen LogP contribution is -2.03. The minimum atomic E-state index is -0.0445. The number of carbonyl (C=O) groups excluding carboxylic acids is 1. The minimum Gasteiger partial charge on any atom is -0.455 e. The first-order valence-corrected chi connectivity index (χ1v) is 11.0. The molecule has 0 fully saturated rings. The molecule has 0 aliphatic carbocycles. The van der Waals surface area contributed by atoms with Crippen LogP contribution in [0.3, 0.4) is 0 Å². The van der Waals surface area contributed by atoms with Gasteiger partial charge in [0.2, 0.25) is 0 Å². The monoisotopic (exact) mass is 342 g/mol. The van der Waals surface area contributed by atoms with Crippen molar-refractivity contribution in [2.24, 2.45) is 0 Å². The van der Waals surface area contributed by atoms with Crippen molar-refractivity contribution in [3.8, 4) is 0 Å². The summed E-state index contributed by atoms with van der Waals surface area (Å²) in [5.74, 6) is 0.446. The molecule has 0 spiro atoms. The number of hydrogen-bond donors (Lipinski definition) is 0. The van der Waals surface area contributed by atoms with Gasteiger partial charge in [-0.05, 0) is 38.4 Å². The molecule has 136 valence electrons. The Labute approximate surface area is 148 Å². The van der Waals surface area contributed by atoms with Crippen molar-refractivity contribution >= 4 is 17.7 Å². The van der Waals surface area contributed by atoms with Gasteiger partial charge in [-0.15, -0.1) is 11.8 Å². The summed E-state index contributed by atoms with van der Waals surface area (Å²) in [4.78, 5) is 11.3. The second kappa shape index (κ2) is 19.6. The maximum absolute atomic E-state index is 11.3. The third-order valence-electron chi connectivity index (χ3n) is 3.98. The minimum absolute atomic E-state index is 0.0445. The Hall–Kier alpha value is -0.440. The summed E-state index contributed by atoms with van der Waals surface area (Å²) in [5.41, 5.74) is 0. The molecular weight excluding hydrogens is 304 g/mol. The van der Waals surface area contributed by atoms with E-state index in [4.69, 9.17) is 4.74 Å².